The van der Waals surface area contributed by atoms with Crippen molar-refractivity contribution in [2.75, 3.05) is 18.0 Å². The molecule has 1 aromatic carbocycles. The van der Waals surface area contributed by atoms with Crippen LogP contribution in [0.15, 0.2) is 18.2 Å². The SMILES string of the molecule is NC1CCN(c2n[nH]c(-c3cc(F)cc(F)c3)n2)CC1. The molecule has 0 radical (unpaired) electrons. The van der Waals surface area contributed by atoms with E-state index >= 15 is 0 Å². The smallest absolute Gasteiger partial charge is 0.245 e. The fourth-order valence-electron chi connectivity index (χ4n) is 2.31. The third-order valence-corrected chi connectivity index (χ3v) is 3.43. The van der Waals surface area contributed by atoms with Crippen molar-refractivity contribution >= 4 is 5.95 Å². The van der Waals surface area contributed by atoms with Crippen LogP contribution in [0.1, 0.15) is 12.8 Å². The van der Waals surface area contributed by atoms with E-state index in [-0.39, 0.29) is 6.04 Å². The van der Waals surface area contributed by atoms with Gasteiger partial charge in [-0.25, -0.2) is 8.78 Å². The fraction of sp³-hybridized carbons (Fsp3) is 0.385. The average molecular weight is 279 g/mol. The number of rotatable bonds is 2. The van der Waals surface area contributed by atoms with Gasteiger partial charge >= 0.3 is 0 Å². The van der Waals surface area contributed by atoms with Crippen molar-refractivity contribution in [3.63, 3.8) is 0 Å². The highest BCUT2D eigenvalue weighted by Gasteiger charge is 2.20. The van der Waals surface area contributed by atoms with Crippen LogP contribution >= 0.6 is 0 Å². The van der Waals surface area contributed by atoms with Gasteiger partial charge in [0.2, 0.25) is 5.95 Å². The summed E-state index contributed by atoms with van der Waals surface area (Å²) in [5.74, 6) is -0.381. The van der Waals surface area contributed by atoms with Gasteiger partial charge in [0.25, 0.3) is 0 Å². The maximum Gasteiger partial charge on any atom is 0.245 e. The lowest BCUT2D eigenvalue weighted by Gasteiger charge is -2.28. The summed E-state index contributed by atoms with van der Waals surface area (Å²) in [6.07, 6.45) is 1.77. The number of anilines is 1. The first-order valence-electron chi connectivity index (χ1n) is 6.51. The predicted molar refractivity (Wildman–Crippen MR) is 71.2 cm³/mol. The van der Waals surface area contributed by atoms with Crippen LogP contribution in [0.3, 0.4) is 0 Å². The van der Waals surface area contributed by atoms with Crippen molar-refractivity contribution in [3.05, 3.63) is 29.8 Å². The van der Waals surface area contributed by atoms with Crippen molar-refractivity contribution in [2.45, 2.75) is 18.9 Å². The number of aromatic nitrogens is 3. The minimum Gasteiger partial charge on any atom is -0.339 e. The second-order valence-electron chi connectivity index (χ2n) is 4.97. The molecule has 1 aliphatic rings. The average Bonchev–Trinajstić information content (AvgIpc) is 2.88. The molecule has 0 saturated carbocycles. The number of hydrogen-bond acceptors (Lipinski definition) is 4. The van der Waals surface area contributed by atoms with Gasteiger partial charge in [0, 0.05) is 30.8 Å². The molecule has 0 spiro atoms. The number of hydrogen-bond donors (Lipinski definition) is 2. The van der Waals surface area contributed by atoms with E-state index in [4.69, 9.17) is 5.73 Å². The van der Waals surface area contributed by atoms with Crippen LogP contribution < -0.4 is 10.6 Å². The Balaban J connectivity index is 1.83. The lowest BCUT2D eigenvalue weighted by molar-refractivity contribution is 0.496. The monoisotopic (exact) mass is 279 g/mol. The minimum atomic E-state index is -0.637. The van der Waals surface area contributed by atoms with Crippen molar-refractivity contribution in [1.82, 2.24) is 15.2 Å². The van der Waals surface area contributed by atoms with Gasteiger partial charge in [0.15, 0.2) is 5.82 Å². The van der Waals surface area contributed by atoms with Gasteiger partial charge in [0.05, 0.1) is 0 Å². The Morgan fingerprint density at radius 2 is 1.80 bits per heavy atom. The number of nitrogens with two attached hydrogens (primary N) is 1. The third kappa shape index (κ3) is 2.62. The van der Waals surface area contributed by atoms with Gasteiger partial charge in [-0.15, -0.1) is 5.10 Å². The summed E-state index contributed by atoms with van der Waals surface area (Å²) >= 11 is 0. The van der Waals surface area contributed by atoms with E-state index in [0.717, 1.165) is 32.0 Å². The lowest BCUT2D eigenvalue weighted by Crippen LogP contribution is -2.40. The molecule has 106 valence electrons. The number of piperidine rings is 1. The summed E-state index contributed by atoms with van der Waals surface area (Å²) in [5, 5.41) is 6.82. The van der Waals surface area contributed by atoms with Gasteiger partial charge in [-0.2, -0.15) is 4.98 Å². The van der Waals surface area contributed by atoms with Gasteiger partial charge < -0.3 is 10.6 Å². The topological polar surface area (TPSA) is 70.8 Å². The standard InChI is InChI=1S/C13H15F2N5/c14-9-5-8(6-10(15)7-9)12-17-13(19-18-12)20-3-1-11(16)2-4-20/h5-7,11H,1-4,16H2,(H,17,18,19). The molecule has 1 aromatic heterocycles. The van der Waals surface area contributed by atoms with Crippen LogP contribution in [0, 0.1) is 11.6 Å². The summed E-state index contributed by atoms with van der Waals surface area (Å²) in [6.45, 7) is 1.58. The second kappa shape index (κ2) is 5.16. The summed E-state index contributed by atoms with van der Waals surface area (Å²) < 4.78 is 26.4. The van der Waals surface area contributed by atoms with Crippen LogP contribution in [0.25, 0.3) is 11.4 Å². The zero-order chi connectivity index (χ0) is 14.1. The maximum atomic E-state index is 13.2. The Bertz CT molecular complexity index is 584. The van der Waals surface area contributed by atoms with Crippen molar-refractivity contribution in [1.29, 1.82) is 0 Å². The summed E-state index contributed by atoms with van der Waals surface area (Å²) in [6, 6.07) is 3.49. The Kier molecular flexibility index (Phi) is 3.35. The first kappa shape index (κ1) is 13.0. The van der Waals surface area contributed by atoms with Crippen LogP contribution in [0.5, 0.6) is 0 Å². The van der Waals surface area contributed by atoms with Crippen molar-refractivity contribution in [2.24, 2.45) is 5.73 Å². The molecule has 0 aliphatic carbocycles. The third-order valence-electron chi connectivity index (χ3n) is 3.43. The normalized spacial score (nSPS) is 16.6. The predicted octanol–water partition coefficient (Wildman–Crippen LogP) is 1.68. The molecule has 1 saturated heterocycles. The highest BCUT2D eigenvalue weighted by atomic mass is 19.1. The zero-order valence-electron chi connectivity index (χ0n) is 10.8. The minimum absolute atomic E-state index is 0.224. The maximum absolute atomic E-state index is 13.2. The molecule has 1 fully saturated rings. The molecular weight excluding hydrogens is 264 g/mol. The fourth-order valence-corrected chi connectivity index (χ4v) is 2.31. The van der Waals surface area contributed by atoms with Crippen LogP contribution in [-0.2, 0) is 0 Å². The number of benzene rings is 1. The van der Waals surface area contributed by atoms with Crippen LogP contribution in [0.2, 0.25) is 0 Å². The Morgan fingerprint density at radius 1 is 1.15 bits per heavy atom. The van der Waals surface area contributed by atoms with Crippen LogP contribution in [-0.4, -0.2) is 34.3 Å². The number of H-pyrrole nitrogens is 1. The van der Waals surface area contributed by atoms with E-state index in [2.05, 4.69) is 15.2 Å². The van der Waals surface area contributed by atoms with E-state index in [1.54, 1.807) is 0 Å². The van der Waals surface area contributed by atoms with E-state index in [1.165, 1.54) is 12.1 Å². The highest BCUT2D eigenvalue weighted by Crippen LogP contribution is 2.21. The first-order valence-corrected chi connectivity index (χ1v) is 6.51. The molecule has 0 unspecified atom stereocenters. The molecule has 2 aromatic rings. The number of nitrogens with one attached hydrogen (secondary N) is 1. The van der Waals surface area contributed by atoms with E-state index in [1.807, 2.05) is 4.90 Å². The highest BCUT2D eigenvalue weighted by molar-refractivity contribution is 5.56. The molecule has 2 heterocycles. The van der Waals surface area contributed by atoms with E-state index < -0.39 is 11.6 Å². The molecule has 0 atom stereocenters. The van der Waals surface area contributed by atoms with Gasteiger partial charge in [-0.3, -0.25) is 5.10 Å². The largest absolute Gasteiger partial charge is 0.339 e. The number of aromatic amines is 1. The van der Waals surface area contributed by atoms with E-state index in [9.17, 15) is 8.78 Å². The van der Waals surface area contributed by atoms with Crippen molar-refractivity contribution < 1.29 is 8.78 Å². The number of nitrogens with zero attached hydrogens (tertiary/aromatic N) is 3. The molecule has 20 heavy (non-hydrogen) atoms. The Labute approximate surface area is 114 Å². The Morgan fingerprint density at radius 3 is 2.45 bits per heavy atom. The summed E-state index contributed by atoms with van der Waals surface area (Å²) in [7, 11) is 0. The first-order chi connectivity index (χ1) is 9.61. The van der Waals surface area contributed by atoms with Crippen LogP contribution in [0.4, 0.5) is 14.7 Å². The van der Waals surface area contributed by atoms with Gasteiger partial charge in [-0.1, -0.05) is 0 Å². The van der Waals surface area contributed by atoms with Gasteiger partial charge in [0.1, 0.15) is 11.6 Å². The molecule has 1 aliphatic heterocycles. The molecular formula is C13H15F2N5. The Hall–Kier alpha value is -2.02. The zero-order valence-corrected chi connectivity index (χ0v) is 10.8. The van der Waals surface area contributed by atoms with E-state index in [0.29, 0.717) is 17.3 Å². The quantitative estimate of drug-likeness (QED) is 0.877. The summed E-state index contributed by atoms with van der Waals surface area (Å²) in [4.78, 5) is 6.31. The molecule has 7 heteroatoms. The number of halogens is 2. The summed E-state index contributed by atoms with van der Waals surface area (Å²) in [5.41, 5.74) is 6.19. The molecule has 5 nitrogen and oxygen atoms in total. The van der Waals surface area contributed by atoms with Gasteiger partial charge in [-0.05, 0) is 25.0 Å². The van der Waals surface area contributed by atoms with Crippen molar-refractivity contribution in [3.8, 4) is 11.4 Å². The molecule has 3 rings (SSSR count). The second-order valence-corrected chi connectivity index (χ2v) is 4.97. The molecule has 0 bridgehead atoms. The molecule has 0 amide bonds. The lowest BCUT2D eigenvalue weighted by atomic mass is 10.1. The molecule has 3 N–H and O–H groups in total.